The summed E-state index contributed by atoms with van der Waals surface area (Å²) >= 11 is 0. The van der Waals surface area contributed by atoms with Crippen molar-refractivity contribution in [1.29, 1.82) is 0 Å². The highest BCUT2D eigenvalue weighted by Gasteiger charge is 2.35. The normalized spacial score (nSPS) is 14.9. The first-order valence-corrected chi connectivity index (χ1v) is 12.0. The highest BCUT2D eigenvalue weighted by atomic mass is 32.2. The van der Waals surface area contributed by atoms with Crippen molar-refractivity contribution in [2.45, 2.75) is 44.4 Å². The molecule has 4 rings (SSSR count). The van der Waals surface area contributed by atoms with E-state index in [1.165, 1.54) is 0 Å². The zero-order chi connectivity index (χ0) is 22.0. The van der Waals surface area contributed by atoms with Gasteiger partial charge in [0.25, 0.3) is 10.1 Å². The van der Waals surface area contributed by atoms with Crippen LogP contribution < -0.4 is 9.64 Å². The highest BCUT2D eigenvalue weighted by Crippen LogP contribution is 2.49. The molecule has 2 atom stereocenters. The second-order valence-electron chi connectivity index (χ2n) is 7.65. The molecule has 0 saturated carbocycles. The molecule has 0 saturated heterocycles. The Morgan fingerprint density at radius 1 is 1.00 bits per heavy atom. The number of hydrogen-bond donors (Lipinski definition) is 1. The molecule has 7 heteroatoms. The van der Waals surface area contributed by atoms with Crippen molar-refractivity contribution in [2.75, 3.05) is 4.90 Å². The van der Waals surface area contributed by atoms with E-state index in [4.69, 9.17) is 4.74 Å². The molecule has 0 spiro atoms. The quantitative estimate of drug-likeness (QED) is 0.478. The van der Waals surface area contributed by atoms with E-state index in [-0.39, 0.29) is 12.5 Å². The van der Waals surface area contributed by atoms with Gasteiger partial charge in [0.05, 0.1) is 17.1 Å². The van der Waals surface area contributed by atoms with E-state index >= 15 is 0 Å². The lowest BCUT2D eigenvalue weighted by molar-refractivity contribution is 0.439. The van der Waals surface area contributed by atoms with E-state index in [0.717, 1.165) is 34.9 Å². The maximum Gasteiger partial charge on any atom is 0.273 e. The number of aryl methyl sites for hydroxylation is 1. The third kappa shape index (κ3) is 4.29. The first-order chi connectivity index (χ1) is 14.9. The first kappa shape index (κ1) is 21.3. The summed E-state index contributed by atoms with van der Waals surface area (Å²) in [5, 5.41) is -1.12. The molecule has 0 amide bonds. The fourth-order valence-electron chi connectivity index (χ4n) is 4.10. The Morgan fingerprint density at radius 2 is 1.74 bits per heavy atom. The Kier molecular flexibility index (Phi) is 5.98. The standard InChI is InChI=1S/C24H26N2O4S/c1-3-17-12-13-23-21(15-17)26(20-10-5-6-11-22(20)30-23)18(4-2)16-24(31(27,28)29)19-9-7-8-14-25-19/h5-15,18,24H,3-4,16H2,1-2H3,(H,27,28,29). The van der Waals surface area contributed by atoms with Gasteiger partial charge in [-0.05, 0) is 61.2 Å². The number of aromatic nitrogens is 1. The van der Waals surface area contributed by atoms with Gasteiger partial charge in [-0.1, -0.05) is 38.1 Å². The molecular formula is C24H26N2O4S. The molecule has 0 radical (unpaired) electrons. The summed E-state index contributed by atoms with van der Waals surface area (Å²) in [5.41, 5.74) is 3.29. The number of benzene rings is 2. The molecule has 1 aliphatic rings. The fraction of sp³-hybridized carbons (Fsp3) is 0.292. The van der Waals surface area contributed by atoms with Crippen LogP contribution in [0.25, 0.3) is 0 Å². The minimum absolute atomic E-state index is 0.191. The molecule has 0 aliphatic carbocycles. The van der Waals surface area contributed by atoms with E-state index in [9.17, 15) is 13.0 Å². The van der Waals surface area contributed by atoms with Gasteiger partial charge in [0.2, 0.25) is 0 Å². The molecule has 162 valence electrons. The Bertz CT molecular complexity index is 1170. The minimum atomic E-state index is -4.35. The van der Waals surface area contributed by atoms with Gasteiger partial charge in [-0.3, -0.25) is 9.54 Å². The van der Waals surface area contributed by atoms with Gasteiger partial charge in [0.1, 0.15) is 5.25 Å². The van der Waals surface area contributed by atoms with Crippen LogP contribution in [0.1, 0.15) is 43.2 Å². The zero-order valence-electron chi connectivity index (χ0n) is 17.6. The SMILES string of the molecule is CCc1ccc2c(c1)N(C(CC)CC(c1ccccn1)S(=O)(=O)O)c1ccccc1O2. The van der Waals surface area contributed by atoms with Crippen LogP contribution in [0.3, 0.4) is 0 Å². The van der Waals surface area contributed by atoms with Crippen LogP contribution in [-0.4, -0.2) is 24.0 Å². The lowest BCUT2D eigenvalue weighted by Gasteiger charge is -2.39. The van der Waals surface area contributed by atoms with Gasteiger partial charge in [-0.15, -0.1) is 0 Å². The monoisotopic (exact) mass is 438 g/mol. The van der Waals surface area contributed by atoms with Crippen LogP contribution in [-0.2, 0) is 16.5 Å². The Morgan fingerprint density at radius 3 is 2.42 bits per heavy atom. The van der Waals surface area contributed by atoms with E-state index in [0.29, 0.717) is 12.1 Å². The summed E-state index contributed by atoms with van der Waals surface area (Å²) in [6, 6.07) is 18.7. The number of fused-ring (bicyclic) bond motifs is 2. The Balaban J connectivity index is 1.81. The number of ether oxygens (including phenoxy) is 1. The second-order valence-corrected chi connectivity index (χ2v) is 9.25. The maximum absolute atomic E-state index is 12.3. The predicted molar refractivity (Wildman–Crippen MR) is 122 cm³/mol. The number of pyridine rings is 1. The van der Waals surface area contributed by atoms with Crippen molar-refractivity contribution in [3.05, 3.63) is 78.1 Å². The summed E-state index contributed by atoms with van der Waals surface area (Å²) in [5.74, 6) is 1.45. The summed E-state index contributed by atoms with van der Waals surface area (Å²) in [6.07, 6.45) is 3.28. The topological polar surface area (TPSA) is 79.7 Å². The third-order valence-corrected chi connectivity index (χ3v) is 6.89. The van der Waals surface area contributed by atoms with Gasteiger partial charge >= 0.3 is 0 Å². The molecule has 2 heterocycles. The van der Waals surface area contributed by atoms with Crippen molar-refractivity contribution in [2.24, 2.45) is 0 Å². The van der Waals surface area contributed by atoms with E-state index in [1.807, 2.05) is 43.3 Å². The average Bonchev–Trinajstić information content (AvgIpc) is 2.78. The van der Waals surface area contributed by atoms with Gasteiger partial charge in [0.15, 0.2) is 11.5 Å². The second kappa shape index (κ2) is 8.69. The van der Waals surface area contributed by atoms with Gasteiger partial charge in [-0.2, -0.15) is 8.42 Å². The summed E-state index contributed by atoms with van der Waals surface area (Å²) in [6.45, 7) is 4.11. The molecule has 3 aromatic rings. The molecule has 6 nitrogen and oxygen atoms in total. The number of rotatable bonds is 7. The van der Waals surface area contributed by atoms with Crippen LogP contribution in [0.5, 0.6) is 11.5 Å². The molecule has 2 aromatic carbocycles. The van der Waals surface area contributed by atoms with Gasteiger partial charge < -0.3 is 9.64 Å². The largest absolute Gasteiger partial charge is 0.453 e. The number of hydrogen-bond acceptors (Lipinski definition) is 5. The molecule has 31 heavy (non-hydrogen) atoms. The van der Waals surface area contributed by atoms with Crippen molar-refractivity contribution in [1.82, 2.24) is 4.98 Å². The van der Waals surface area contributed by atoms with Crippen LogP contribution in [0.2, 0.25) is 0 Å². The number of nitrogens with zero attached hydrogens (tertiary/aromatic N) is 2. The molecular weight excluding hydrogens is 412 g/mol. The maximum atomic E-state index is 12.3. The van der Waals surface area contributed by atoms with Gasteiger partial charge in [0, 0.05) is 12.2 Å². The smallest absolute Gasteiger partial charge is 0.273 e. The lowest BCUT2D eigenvalue weighted by Crippen LogP contribution is -2.35. The van der Waals surface area contributed by atoms with Gasteiger partial charge in [-0.25, -0.2) is 0 Å². The molecule has 2 unspecified atom stereocenters. The van der Waals surface area contributed by atoms with Crippen LogP contribution in [0, 0.1) is 0 Å². The molecule has 0 bridgehead atoms. The highest BCUT2D eigenvalue weighted by molar-refractivity contribution is 7.86. The van der Waals surface area contributed by atoms with Crippen molar-refractivity contribution < 1.29 is 17.7 Å². The first-order valence-electron chi connectivity index (χ1n) is 10.5. The van der Waals surface area contributed by atoms with E-state index in [2.05, 4.69) is 22.9 Å². The number of anilines is 2. The number of para-hydroxylation sites is 2. The summed E-state index contributed by atoms with van der Waals surface area (Å²) in [7, 11) is -4.35. The minimum Gasteiger partial charge on any atom is -0.453 e. The Labute approximate surface area is 183 Å². The van der Waals surface area contributed by atoms with Crippen molar-refractivity contribution in [3.8, 4) is 11.5 Å². The predicted octanol–water partition coefficient (Wildman–Crippen LogP) is 5.69. The molecule has 1 aliphatic heterocycles. The lowest BCUT2D eigenvalue weighted by atomic mass is 10.00. The Hall–Kier alpha value is -2.90. The average molecular weight is 439 g/mol. The van der Waals surface area contributed by atoms with Crippen molar-refractivity contribution in [3.63, 3.8) is 0 Å². The molecule has 0 fully saturated rings. The third-order valence-electron chi connectivity index (χ3n) is 5.74. The van der Waals surface area contributed by atoms with Crippen LogP contribution >= 0.6 is 0 Å². The van der Waals surface area contributed by atoms with Crippen LogP contribution in [0.4, 0.5) is 11.4 Å². The molecule has 1 N–H and O–H groups in total. The fourth-order valence-corrected chi connectivity index (χ4v) is 5.01. The summed E-state index contributed by atoms with van der Waals surface area (Å²) < 4.78 is 40.8. The van der Waals surface area contributed by atoms with E-state index < -0.39 is 15.4 Å². The van der Waals surface area contributed by atoms with Crippen LogP contribution in [0.15, 0.2) is 66.9 Å². The van der Waals surface area contributed by atoms with E-state index in [1.54, 1.807) is 24.4 Å². The molecule has 1 aromatic heterocycles. The summed E-state index contributed by atoms with van der Waals surface area (Å²) in [4.78, 5) is 6.36. The van der Waals surface area contributed by atoms with Crippen molar-refractivity contribution >= 4 is 21.5 Å². The zero-order valence-corrected chi connectivity index (χ0v) is 18.4.